The molecule has 0 N–H and O–H groups in total. The molecule has 1 fully saturated rings. The van der Waals surface area contributed by atoms with Crippen molar-refractivity contribution in [3.05, 3.63) is 90.5 Å². The second-order valence-corrected chi connectivity index (χ2v) is 12.5. The summed E-state index contributed by atoms with van der Waals surface area (Å²) in [4.78, 5) is 49.2. The Morgan fingerprint density at radius 3 is 2.22 bits per heavy atom. The number of hydrogen-bond acceptors (Lipinski definition) is 12. The van der Waals surface area contributed by atoms with E-state index in [1.807, 2.05) is 0 Å². The third-order valence-corrected chi connectivity index (χ3v) is 8.16. The molecule has 2 aromatic carbocycles. The molecule has 0 unspecified atom stereocenters. The molecule has 12 nitrogen and oxygen atoms in total. The Morgan fingerprint density at radius 2 is 1.62 bits per heavy atom. The topological polar surface area (TPSA) is 131 Å². The van der Waals surface area contributed by atoms with Gasteiger partial charge in [-0.1, -0.05) is 48.2 Å². The summed E-state index contributed by atoms with van der Waals surface area (Å²) in [5.74, 6) is -1.23. The van der Waals surface area contributed by atoms with Crippen molar-refractivity contribution in [1.29, 1.82) is 0 Å². The van der Waals surface area contributed by atoms with Gasteiger partial charge in [-0.25, -0.2) is 19.4 Å². The molecule has 0 spiro atoms. The fraction of sp³-hybridized carbons (Fsp3) is 0.355. The van der Waals surface area contributed by atoms with Crippen molar-refractivity contribution in [1.82, 2.24) is 14.5 Å². The predicted molar refractivity (Wildman–Crippen MR) is 169 cm³/mol. The predicted octanol–water partition coefficient (Wildman–Crippen LogP) is 4.55. The number of amides is 1. The van der Waals surface area contributed by atoms with E-state index in [1.54, 1.807) is 93.8 Å². The monoisotopic (exact) mass is 652 g/mol. The van der Waals surface area contributed by atoms with Crippen LogP contribution in [-0.2, 0) is 23.7 Å². The van der Waals surface area contributed by atoms with Gasteiger partial charge in [-0.3, -0.25) is 14.5 Å². The lowest BCUT2D eigenvalue weighted by atomic mass is 9.97. The third kappa shape index (κ3) is 7.88. The van der Waals surface area contributed by atoms with E-state index in [2.05, 4.69) is 4.98 Å². The number of benzene rings is 2. The quantitative estimate of drug-likeness (QED) is 0.211. The molecule has 236 valence electrons. The van der Waals surface area contributed by atoms with Gasteiger partial charge in [0.15, 0.2) is 17.4 Å². The molecule has 2 aliphatic heterocycles. The SMILES string of the molecule is CN(C(=O)OC(C)(C)C)C1=N[C@@H]2[C@H](OC(=S)n3ccnc3)[C@H](OC(=O)c3ccccc3)[C@H](COC(=O)c3ccccc3)O[C@@H]2S1. The van der Waals surface area contributed by atoms with Crippen LogP contribution in [0.3, 0.4) is 0 Å². The lowest BCUT2D eigenvalue weighted by molar-refractivity contribution is -0.163. The Bertz CT molecular complexity index is 1550. The number of thiocarbonyl (C=S) groups is 1. The zero-order valence-corrected chi connectivity index (χ0v) is 26.6. The number of nitrogens with zero attached hydrogens (tertiary/aromatic N) is 4. The minimum absolute atomic E-state index is 0.0214. The van der Waals surface area contributed by atoms with Gasteiger partial charge < -0.3 is 23.7 Å². The smallest absolute Gasteiger partial charge is 0.416 e. The van der Waals surface area contributed by atoms with Gasteiger partial charge in [0.05, 0.1) is 11.1 Å². The van der Waals surface area contributed by atoms with Crippen LogP contribution in [0.4, 0.5) is 4.79 Å². The van der Waals surface area contributed by atoms with Gasteiger partial charge >= 0.3 is 18.0 Å². The maximum Gasteiger partial charge on any atom is 0.416 e. The summed E-state index contributed by atoms with van der Waals surface area (Å²) < 4.78 is 31.3. The Morgan fingerprint density at radius 1 is 0.978 bits per heavy atom. The standard InChI is InChI=1S/C31H32N4O8S2/c1-31(2,3)43-29(38)34(4)28-33-22-24(42-30(44)35-16-15-32-18-35)23(41-26(37)20-13-9-6-10-14-20)21(40-27(22)45-28)17-39-25(36)19-11-7-5-8-12-19/h5-16,18,21-24,27H,17H2,1-4H3/t21-,22+,23+,24-,27+/m0/s1. The van der Waals surface area contributed by atoms with E-state index in [4.69, 9.17) is 40.9 Å². The lowest BCUT2D eigenvalue weighted by Crippen LogP contribution is -2.59. The van der Waals surface area contributed by atoms with E-state index >= 15 is 0 Å². The van der Waals surface area contributed by atoms with Crippen molar-refractivity contribution < 1.29 is 38.1 Å². The summed E-state index contributed by atoms with van der Waals surface area (Å²) in [7, 11) is 1.54. The van der Waals surface area contributed by atoms with E-state index in [-0.39, 0.29) is 11.8 Å². The molecule has 0 aliphatic carbocycles. The van der Waals surface area contributed by atoms with E-state index in [1.165, 1.54) is 34.6 Å². The molecule has 1 amide bonds. The van der Waals surface area contributed by atoms with Crippen LogP contribution in [0.1, 0.15) is 41.5 Å². The van der Waals surface area contributed by atoms with Crippen LogP contribution in [0.5, 0.6) is 0 Å². The second kappa shape index (κ2) is 13.8. The fourth-order valence-corrected chi connectivity index (χ4v) is 5.89. The first kappa shape index (κ1) is 32.1. The van der Waals surface area contributed by atoms with Crippen LogP contribution in [0.25, 0.3) is 0 Å². The number of esters is 2. The number of amidine groups is 1. The molecule has 0 bridgehead atoms. The van der Waals surface area contributed by atoms with Gasteiger partial charge in [0.25, 0.3) is 5.17 Å². The molecule has 5 rings (SSSR count). The zero-order valence-electron chi connectivity index (χ0n) is 25.0. The van der Waals surface area contributed by atoms with Crippen molar-refractivity contribution >= 4 is 52.4 Å². The molecular weight excluding hydrogens is 620 g/mol. The Kier molecular flexibility index (Phi) is 9.85. The number of fused-ring (bicyclic) bond motifs is 1. The highest BCUT2D eigenvalue weighted by atomic mass is 32.2. The van der Waals surface area contributed by atoms with Crippen molar-refractivity contribution in [3.63, 3.8) is 0 Å². The maximum absolute atomic E-state index is 13.4. The molecule has 0 saturated carbocycles. The summed E-state index contributed by atoms with van der Waals surface area (Å²) in [6.45, 7) is 5.01. The Balaban J connectivity index is 1.47. The normalized spacial score (nSPS) is 22.4. The minimum Gasteiger partial charge on any atom is -0.461 e. The van der Waals surface area contributed by atoms with Gasteiger partial charge in [0.2, 0.25) is 0 Å². The van der Waals surface area contributed by atoms with E-state index < -0.39 is 53.4 Å². The number of carbonyl (C=O) groups excluding carboxylic acids is 3. The molecule has 5 atom stereocenters. The number of ether oxygens (including phenoxy) is 5. The van der Waals surface area contributed by atoms with E-state index in [9.17, 15) is 14.4 Å². The molecule has 2 aliphatic rings. The first-order chi connectivity index (χ1) is 21.5. The van der Waals surface area contributed by atoms with Crippen LogP contribution in [0.2, 0.25) is 0 Å². The number of hydrogen-bond donors (Lipinski definition) is 0. The van der Waals surface area contributed by atoms with Gasteiger partial charge in [0.1, 0.15) is 36.1 Å². The summed E-state index contributed by atoms with van der Waals surface area (Å²) in [6, 6.07) is 16.1. The molecule has 45 heavy (non-hydrogen) atoms. The Hall–Kier alpha value is -4.27. The average Bonchev–Trinajstić information content (AvgIpc) is 3.71. The summed E-state index contributed by atoms with van der Waals surface area (Å²) >= 11 is 6.73. The molecule has 3 heterocycles. The summed E-state index contributed by atoms with van der Waals surface area (Å²) in [5.41, 5.74) is -0.804. The zero-order chi connectivity index (χ0) is 32.1. The van der Waals surface area contributed by atoms with Crippen LogP contribution in [0, 0.1) is 0 Å². The minimum atomic E-state index is -1.14. The molecule has 14 heteroatoms. The van der Waals surface area contributed by atoms with Crippen LogP contribution in [0.15, 0.2) is 84.4 Å². The van der Waals surface area contributed by atoms with Crippen molar-refractivity contribution in [2.24, 2.45) is 4.99 Å². The third-order valence-electron chi connectivity index (χ3n) is 6.64. The number of aliphatic imine (C=N–C) groups is 1. The van der Waals surface area contributed by atoms with E-state index in [0.29, 0.717) is 16.3 Å². The van der Waals surface area contributed by atoms with Gasteiger partial charge in [-0.2, -0.15) is 0 Å². The Labute approximate surface area is 269 Å². The highest BCUT2D eigenvalue weighted by Crippen LogP contribution is 2.40. The van der Waals surface area contributed by atoms with Crippen molar-refractivity contribution in [2.75, 3.05) is 13.7 Å². The van der Waals surface area contributed by atoms with Gasteiger partial charge in [-0.05, 0) is 57.3 Å². The number of rotatable bonds is 6. The molecule has 0 radical (unpaired) electrons. The lowest BCUT2D eigenvalue weighted by Gasteiger charge is -2.41. The highest BCUT2D eigenvalue weighted by molar-refractivity contribution is 8.14. The largest absolute Gasteiger partial charge is 0.461 e. The highest BCUT2D eigenvalue weighted by Gasteiger charge is 2.54. The maximum atomic E-state index is 13.4. The van der Waals surface area contributed by atoms with Crippen LogP contribution >= 0.6 is 24.0 Å². The molecule has 3 aromatic rings. The van der Waals surface area contributed by atoms with Crippen LogP contribution in [-0.4, -0.2) is 91.9 Å². The van der Waals surface area contributed by atoms with Crippen molar-refractivity contribution in [3.8, 4) is 0 Å². The first-order valence-corrected chi connectivity index (χ1v) is 15.3. The summed E-state index contributed by atoms with van der Waals surface area (Å²) in [5, 5.41) is 0.324. The molecular formula is C31H32N4O8S2. The summed E-state index contributed by atoms with van der Waals surface area (Å²) in [6.07, 6.45) is 0.868. The molecule has 1 saturated heterocycles. The van der Waals surface area contributed by atoms with E-state index in [0.717, 1.165) is 0 Å². The fourth-order valence-electron chi connectivity index (χ4n) is 4.50. The van der Waals surface area contributed by atoms with Gasteiger partial charge in [-0.15, -0.1) is 0 Å². The van der Waals surface area contributed by atoms with Crippen molar-refractivity contribution in [2.45, 2.75) is 56.2 Å². The second-order valence-electron chi connectivity index (χ2n) is 11.1. The number of thioether (sulfide) groups is 1. The first-order valence-electron chi connectivity index (χ1n) is 14.0. The van der Waals surface area contributed by atoms with Crippen LogP contribution < -0.4 is 0 Å². The number of aromatic nitrogens is 2. The number of imidazole rings is 1. The van der Waals surface area contributed by atoms with Gasteiger partial charge in [0, 0.05) is 19.4 Å². The molecule has 1 aromatic heterocycles. The number of carbonyl (C=O) groups is 3. The average molecular weight is 653 g/mol.